The van der Waals surface area contributed by atoms with Crippen molar-refractivity contribution in [2.45, 2.75) is 25.8 Å². The molecule has 1 aliphatic rings. The highest BCUT2D eigenvalue weighted by atomic mass is 127. The molecule has 3 aromatic rings. The van der Waals surface area contributed by atoms with Gasteiger partial charge in [-0.3, -0.25) is 9.98 Å². The van der Waals surface area contributed by atoms with Crippen LogP contribution < -0.4 is 15.5 Å². The molecule has 0 bridgehead atoms. The van der Waals surface area contributed by atoms with E-state index >= 15 is 0 Å². The van der Waals surface area contributed by atoms with E-state index in [0.717, 1.165) is 25.5 Å². The SMILES string of the molecule is CN=C(NCCc1noc(-c2ccccn2)n1)NC1CCN(c2ccc(C)cc2)C1.I. The van der Waals surface area contributed by atoms with Gasteiger partial charge in [-0.1, -0.05) is 28.9 Å². The van der Waals surface area contributed by atoms with Crippen LogP contribution in [0.25, 0.3) is 11.6 Å². The molecular weight excluding hydrogens is 505 g/mol. The monoisotopic (exact) mass is 533 g/mol. The van der Waals surface area contributed by atoms with Gasteiger partial charge >= 0.3 is 0 Å². The quantitative estimate of drug-likeness (QED) is 0.286. The third kappa shape index (κ3) is 6.16. The van der Waals surface area contributed by atoms with Gasteiger partial charge in [-0.25, -0.2) is 0 Å². The Morgan fingerprint density at radius 3 is 2.81 bits per heavy atom. The number of benzene rings is 1. The second-order valence-corrected chi connectivity index (χ2v) is 7.39. The number of pyridine rings is 1. The molecule has 4 rings (SSSR count). The molecule has 1 atom stereocenters. The highest BCUT2D eigenvalue weighted by Gasteiger charge is 2.23. The van der Waals surface area contributed by atoms with E-state index in [1.807, 2.05) is 18.2 Å². The number of aromatic nitrogens is 3. The molecule has 31 heavy (non-hydrogen) atoms. The van der Waals surface area contributed by atoms with E-state index in [2.05, 4.69) is 66.8 Å². The van der Waals surface area contributed by atoms with Gasteiger partial charge < -0.3 is 20.1 Å². The molecular formula is C22H28IN7O. The second-order valence-electron chi connectivity index (χ2n) is 7.39. The van der Waals surface area contributed by atoms with Crippen LogP contribution in [-0.2, 0) is 6.42 Å². The molecule has 0 radical (unpaired) electrons. The van der Waals surface area contributed by atoms with Crippen LogP contribution >= 0.6 is 24.0 Å². The fourth-order valence-electron chi connectivity index (χ4n) is 3.50. The number of halogens is 1. The highest BCUT2D eigenvalue weighted by molar-refractivity contribution is 14.0. The zero-order chi connectivity index (χ0) is 20.8. The van der Waals surface area contributed by atoms with Crippen molar-refractivity contribution in [2.24, 2.45) is 4.99 Å². The Morgan fingerprint density at radius 2 is 2.06 bits per heavy atom. The number of nitrogens with zero attached hydrogens (tertiary/aromatic N) is 5. The van der Waals surface area contributed by atoms with Crippen LogP contribution in [0.3, 0.4) is 0 Å². The summed E-state index contributed by atoms with van der Waals surface area (Å²) in [4.78, 5) is 15.4. The fourth-order valence-corrected chi connectivity index (χ4v) is 3.50. The van der Waals surface area contributed by atoms with Crippen molar-refractivity contribution >= 4 is 35.6 Å². The molecule has 2 aromatic heterocycles. The van der Waals surface area contributed by atoms with Gasteiger partial charge in [0.25, 0.3) is 5.89 Å². The van der Waals surface area contributed by atoms with Crippen LogP contribution in [0, 0.1) is 6.92 Å². The summed E-state index contributed by atoms with van der Waals surface area (Å²) in [6.07, 6.45) is 3.42. The first-order valence-corrected chi connectivity index (χ1v) is 10.2. The topological polar surface area (TPSA) is 91.5 Å². The summed E-state index contributed by atoms with van der Waals surface area (Å²) in [5.74, 6) is 1.87. The zero-order valence-electron chi connectivity index (χ0n) is 17.8. The fraction of sp³-hybridized carbons (Fsp3) is 0.364. The largest absolute Gasteiger partial charge is 0.369 e. The summed E-state index contributed by atoms with van der Waals surface area (Å²) in [5, 5.41) is 10.9. The molecule has 1 saturated heterocycles. The Hall–Kier alpha value is -2.69. The first-order valence-electron chi connectivity index (χ1n) is 10.2. The van der Waals surface area contributed by atoms with Gasteiger partial charge in [-0.05, 0) is 37.6 Å². The maximum absolute atomic E-state index is 5.30. The van der Waals surface area contributed by atoms with E-state index in [4.69, 9.17) is 4.52 Å². The summed E-state index contributed by atoms with van der Waals surface area (Å²) >= 11 is 0. The number of aliphatic imine (C=N–C) groups is 1. The molecule has 1 aromatic carbocycles. The Labute approximate surface area is 199 Å². The lowest BCUT2D eigenvalue weighted by atomic mass is 10.2. The third-order valence-electron chi connectivity index (χ3n) is 5.14. The van der Waals surface area contributed by atoms with Gasteiger partial charge in [-0.2, -0.15) is 4.98 Å². The smallest absolute Gasteiger partial charge is 0.276 e. The number of anilines is 1. The van der Waals surface area contributed by atoms with E-state index < -0.39 is 0 Å². The molecule has 0 aliphatic carbocycles. The molecule has 9 heteroatoms. The Bertz CT molecular complexity index is 975. The molecule has 0 amide bonds. The van der Waals surface area contributed by atoms with E-state index in [0.29, 0.717) is 36.4 Å². The van der Waals surface area contributed by atoms with Crippen molar-refractivity contribution in [3.05, 3.63) is 60.0 Å². The van der Waals surface area contributed by atoms with Crippen molar-refractivity contribution in [2.75, 3.05) is 31.6 Å². The van der Waals surface area contributed by atoms with Crippen LogP contribution in [0.15, 0.2) is 58.2 Å². The maximum atomic E-state index is 5.30. The first-order chi connectivity index (χ1) is 14.7. The average molecular weight is 533 g/mol. The number of rotatable bonds is 6. The van der Waals surface area contributed by atoms with Crippen molar-refractivity contribution in [3.63, 3.8) is 0 Å². The average Bonchev–Trinajstić information content (AvgIpc) is 3.44. The summed E-state index contributed by atoms with van der Waals surface area (Å²) in [7, 11) is 1.79. The number of guanidine groups is 1. The van der Waals surface area contributed by atoms with Gasteiger partial charge in [0, 0.05) is 51.0 Å². The van der Waals surface area contributed by atoms with Crippen LogP contribution in [0.5, 0.6) is 0 Å². The normalized spacial score (nSPS) is 16.1. The number of hydrogen-bond donors (Lipinski definition) is 2. The van der Waals surface area contributed by atoms with Gasteiger partial charge in [-0.15, -0.1) is 24.0 Å². The maximum Gasteiger partial charge on any atom is 0.276 e. The molecule has 0 spiro atoms. The van der Waals surface area contributed by atoms with Crippen molar-refractivity contribution < 1.29 is 4.52 Å². The summed E-state index contributed by atoms with van der Waals surface area (Å²) < 4.78 is 5.30. The molecule has 164 valence electrons. The van der Waals surface area contributed by atoms with Gasteiger partial charge in [0.05, 0.1) is 0 Å². The summed E-state index contributed by atoms with van der Waals surface area (Å²) in [5.41, 5.74) is 3.24. The minimum Gasteiger partial charge on any atom is -0.369 e. The molecule has 8 nitrogen and oxygen atoms in total. The minimum atomic E-state index is 0. The van der Waals surface area contributed by atoms with E-state index in [9.17, 15) is 0 Å². The molecule has 1 fully saturated rings. The van der Waals surface area contributed by atoms with Crippen molar-refractivity contribution in [1.29, 1.82) is 0 Å². The summed E-state index contributed by atoms with van der Waals surface area (Å²) in [6.45, 7) is 4.77. The number of hydrogen-bond acceptors (Lipinski definition) is 6. The lowest BCUT2D eigenvalue weighted by Gasteiger charge is -2.20. The minimum absolute atomic E-state index is 0. The molecule has 3 heterocycles. The number of aryl methyl sites for hydroxylation is 1. The van der Waals surface area contributed by atoms with Crippen molar-refractivity contribution in [3.8, 4) is 11.6 Å². The van der Waals surface area contributed by atoms with E-state index in [1.165, 1.54) is 11.3 Å². The van der Waals surface area contributed by atoms with Crippen LogP contribution in [0.4, 0.5) is 5.69 Å². The Kier molecular flexibility index (Phi) is 8.21. The highest BCUT2D eigenvalue weighted by Crippen LogP contribution is 2.20. The summed E-state index contributed by atoms with van der Waals surface area (Å²) in [6, 6.07) is 14.7. The lowest BCUT2D eigenvalue weighted by molar-refractivity contribution is 0.421. The molecule has 1 aliphatic heterocycles. The number of nitrogens with one attached hydrogen (secondary N) is 2. The van der Waals surface area contributed by atoms with E-state index in [-0.39, 0.29) is 24.0 Å². The van der Waals surface area contributed by atoms with E-state index in [1.54, 1.807) is 13.2 Å². The predicted molar refractivity (Wildman–Crippen MR) is 133 cm³/mol. The third-order valence-corrected chi connectivity index (χ3v) is 5.14. The lowest BCUT2D eigenvalue weighted by Crippen LogP contribution is -2.45. The Balaban J connectivity index is 0.00000272. The van der Waals surface area contributed by atoms with Gasteiger partial charge in [0.1, 0.15) is 5.69 Å². The second kappa shape index (κ2) is 11.1. The predicted octanol–water partition coefficient (Wildman–Crippen LogP) is 3.04. The first kappa shape index (κ1) is 23.0. The molecule has 1 unspecified atom stereocenters. The molecule has 2 N–H and O–H groups in total. The zero-order valence-corrected chi connectivity index (χ0v) is 20.1. The van der Waals surface area contributed by atoms with Crippen LogP contribution in [0.2, 0.25) is 0 Å². The van der Waals surface area contributed by atoms with Gasteiger partial charge in [0.2, 0.25) is 0 Å². The van der Waals surface area contributed by atoms with Crippen LogP contribution in [0.1, 0.15) is 17.8 Å². The van der Waals surface area contributed by atoms with Crippen LogP contribution in [-0.4, -0.2) is 53.8 Å². The standard InChI is InChI=1S/C22H27N7O.HI/c1-16-6-8-18(9-7-16)29-14-11-17(15-29)26-22(23-2)25-13-10-20-27-21(30-28-20)19-5-3-4-12-24-19;/h3-9,12,17H,10-11,13-15H2,1-2H3,(H2,23,25,26);1H. The van der Waals surface area contributed by atoms with Gasteiger partial charge in [0.15, 0.2) is 11.8 Å². The Morgan fingerprint density at radius 1 is 1.23 bits per heavy atom. The molecule has 0 saturated carbocycles. The van der Waals surface area contributed by atoms with Crippen molar-refractivity contribution in [1.82, 2.24) is 25.8 Å².